The van der Waals surface area contributed by atoms with Crippen molar-refractivity contribution >= 4 is 40.9 Å². The molecule has 2 aromatic rings. The van der Waals surface area contributed by atoms with Crippen molar-refractivity contribution < 1.29 is 19.1 Å². The zero-order valence-corrected chi connectivity index (χ0v) is 21.3. The minimum atomic E-state index is -0.761. The van der Waals surface area contributed by atoms with Gasteiger partial charge in [-0.15, -0.1) is 11.6 Å². The maximum Gasteiger partial charge on any atom is 0.338 e. The Morgan fingerprint density at radius 1 is 1.11 bits per heavy atom. The Hall–Kier alpha value is -3.32. The molecule has 0 saturated heterocycles. The van der Waals surface area contributed by atoms with Crippen LogP contribution in [0.1, 0.15) is 51.3 Å². The Labute approximate surface area is 211 Å². The minimum Gasteiger partial charge on any atom is -0.463 e. The molecule has 1 aliphatic heterocycles. The lowest BCUT2D eigenvalue weighted by atomic mass is 9.91. The molecule has 0 aromatic heterocycles. The first-order valence-corrected chi connectivity index (χ1v) is 12.3. The van der Waals surface area contributed by atoms with Gasteiger partial charge in [0.1, 0.15) is 0 Å². The number of ether oxygens (including phenoxy) is 1. The highest BCUT2D eigenvalue weighted by molar-refractivity contribution is 6.20. The van der Waals surface area contributed by atoms with Gasteiger partial charge in [-0.3, -0.25) is 9.69 Å². The maximum absolute atomic E-state index is 13.3. The van der Waals surface area contributed by atoms with Crippen LogP contribution in [0.3, 0.4) is 0 Å². The fraction of sp³-hybridized carbons (Fsp3) is 0.370. The van der Waals surface area contributed by atoms with Crippen LogP contribution in [-0.4, -0.2) is 41.8 Å². The molecule has 8 heteroatoms. The summed E-state index contributed by atoms with van der Waals surface area (Å²) in [6.45, 7) is 7.88. The number of rotatable bonds is 9. The number of nitrogens with one attached hydrogen (secondary N) is 2. The number of benzene rings is 2. The lowest BCUT2D eigenvalue weighted by molar-refractivity contribution is -0.139. The Kier molecular flexibility index (Phi) is 8.57. The Morgan fingerprint density at radius 2 is 1.83 bits per heavy atom. The van der Waals surface area contributed by atoms with Crippen molar-refractivity contribution in [1.29, 1.82) is 0 Å². The molecule has 0 spiro atoms. The molecular formula is C27H32ClN3O4. The van der Waals surface area contributed by atoms with Gasteiger partial charge in [-0.25, -0.2) is 9.59 Å². The monoisotopic (exact) mass is 497 g/mol. The van der Waals surface area contributed by atoms with Crippen LogP contribution in [-0.2, 0) is 14.3 Å². The molecule has 0 radical (unpaired) electrons. The molecule has 7 nitrogen and oxygen atoms in total. The van der Waals surface area contributed by atoms with Crippen LogP contribution in [0, 0.1) is 5.41 Å². The van der Waals surface area contributed by atoms with Gasteiger partial charge in [-0.1, -0.05) is 49.4 Å². The summed E-state index contributed by atoms with van der Waals surface area (Å²) in [6, 6.07) is 15.4. The van der Waals surface area contributed by atoms with E-state index in [0.717, 1.165) is 5.56 Å². The zero-order chi connectivity index (χ0) is 25.6. The highest BCUT2D eigenvalue weighted by Crippen LogP contribution is 2.37. The van der Waals surface area contributed by atoms with Crippen LogP contribution >= 0.6 is 11.6 Å². The number of hydrogen-bond donors (Lipinski definition) is 2. The van der Waals surface area contributed by atoms with Crippen LogP contribution < -0.4 is 10.6 Å². The summed E-state index contributed by atoms with van der Waals surface area (Å²) in [5.74, 6) is -0.562. The van der Waals surface area contributed by atoms with Gasteiger partial charge in [-0.05, 0) is 50.5 Å². The molecule has 2 aromatic carbocycles. The third kappa shape index (κ3) is 5.85. The Balaban J connectivity index is 2.15. The molecule has 0 bridgehead atoms. The molecule has 0 fully saturated rings. The predicted molar refractivity (Wildman–Crippen MR) is 138 cm³/mol. The average Bonchev–Trinajstić information content (AvgIpc) is 2.85. The summed E-state index contributed by atoms with van der Waals surface area (Å²) in [7, 11) is 0. The van der Waals surface area contributed by atoms with E-state index in [4.69, 9.17) is 16.3 Å². The molecule has 0 aliphatic carbocycles. The third-order valence-corrected chi connectivity index (χ3v) is 6.41. The van der Waals surface area contributed by atoms with Crippen molar-refractivity contribution in [3.63, 3.8) is 0 Å². The van der Waals surface area contributed by atoms with Crippen LogP contribution in [0.2, 0.25) is 0 Å². The molecular weight excluding hydrogens is 466 g/mol. The molecule has 1 aliphatic rings. The van der Waals surface area contributed by atoms with E-state index in [0.29, 0.717) is 35.5 Å². The van der Waals surface area contributed by atoms with E-state index in [1.165, 1.54) is 0 Å². The van der Waals surface area contributed by atoms with Crippen molar-refractivity contribution in [1.82, 2.24) is 10.2 Å². The number of hydrogen-bond acceptors (Lipinski definition) is 4. The van der Waals surface area contributed by atoms with Crippen molar-refractivity contribution in [3.05, 3.63) is 71.3 Å². The van der Waals surface area contributed by atoms with Crippen LogP contribution in [0.5, 0.6) is 0 Å². The lowest BCUT2D eigenvalue weighted by Gasteiger charge is -2.37. The molecule has 3 amide bonds. The first-order valence-electron chi connectivity index (χ1n) is 11.8. The second-order valence-electron chi connectivity index (χ2n) is 8.98. The van der Waals surface area contributed by atoms with E-state index < -0.39 is 17.4 Å². The molecule has 1 atom stereocenters. The quantitative estimate of drug-likeness (QED) is 0.361. The number of carbonyl (C=O) groups is 3. The molecule has 2 N–H and O–H groups in total. The smallest absolute Gasteiger partial charge is 0.338 e. The predicted octanol–water partition coefficient (Wildman–Crippen LogP) is 5.34. The Morgan fingerprint density at radius 3 is 2.46 bits per heavy atom. The zero-order valence-electron chi connectivity index (χ0n) is 20.6. The SMILES string of the molecule is CCCN1C(=O)NC(c2cccc(NC(=O)C(C)(C)CCl)c2)C(C(=O)OCC)=C1c1ccccc1. The summed E-state index contributed by atoms with van der Waals surface area (Å²) >= 11 is 5.95. The Bertz CT molecular complexity index is 1110. The third-order valence-electron chi connectivity index (χ3n) is 5.74. The van der Waals surface area contributed by atoms with E-state index in [2.05, 4.69) is 10.6 Å². The number of amides is 3. The van der Waals surface area contributed by atoms with Gasteiger partial charge in [0.15, 0.2) is 0 Å². The van der Waals surface area contributed by atoms with E-state index in [1.54, 1.807) is 43.9 Å². The molecule has 0 saturated carbocycles. The molecule has 1 heterocycles. The fourth-order valence-electron chi connectivity index (χ4n) is 3.83. The van der Waals surface area contributed by atoms with Crippen molar-refractivity contribution in [2.75, 3.05) is 24.3 Å². The number of urea groups is 1. The van der Waals surface area contributed by atoms with Gasteiger partial charge in [0.05, 0.1) is 29.3 Å². The number of halogens is 1. The number of nitrogens with zero attached hydrogens (tertiary/aromatic N) is 1. The molecule has 35 heavy (non-hydrogen) atoms. The number of alkyl halides is 1. The van der Waals surface area contributed by atoms with Gasteiger partial charge in [-0.2, -0.15) is 0 Å². The fourth-order valence-corrected chi connectivity index (χ4v) is 3.95. The summed E-state index contributed by atoms with van der Waals surface area (Å²) in [4.78, 5) is 40.8. The lowest BCUT2D eigenvalue weighted by Crippen LogP contribution is -2.48. The highest BCUT2D eigenvalue weighted by Gasteiger charge is 2.38. The summed E-state index contributed by atoms with van der Waals surface area (Å²) in [5, 5.41) is 5.86. The van der Waals surface area contributed by atoms with Gasteiger partial charge < -0.3 is 15.4 Å². The van der Waals surface area contributed by atoms with E-state index in [1.807, 2.05) is 43.3 Å². The molecule has 1 unspecified atom stereocenters. The van der Waals surface area contributed by atoms with Crippen LogP contribution in [0.4, 0.5) is 10.5 Å². The van der Waals surface area contributed by atoms with Crippen LogP contribution in [0.15, 0.2) is 60.2 Å². The molecule has 186 valence electrons. The summed E-state index contributed by atoms with van der Waals surface area (Å²) < 4.78 is 5.44. The van der Waals surface area contributed by atoms with Gasteiger partial charge >= 0.3 is 12.0 Å². The number of carbonyl (C=O) groups excluding carboxylic acids is 3. The largest absolute Gasteiger partial charge is 0.463 e. The average molecular weight is 498 g/mol. The number of esters is 1. The van der Waals surface area contributed by atoms with E-state index in [-0.39, 0.29) is 24.4 Å². The second kappa shape index (κ2) is 11.4. The van der Waals surface area contributed by atoms with E-state index in [9.17, 15) is 14.4 Å². The summed E-state index contributed by atoms with van der Waals surface area (Å²) in [5.41, 5.74) is 2.05. The van der Waals surface area contributed by atoms with Gasteiger partial charge in [0.2, 0.25) is 5.91 Å². The van der Waals surface area contributed by atoms with Gasteiger partial charge in [0.25, 0.3) is 0 Å². The van der Waals surface area contributed by atoms with Crippen molar-refractivity contribution in [2.45, 2.75) is 40.2 Å². The second-order valence-corrected chi connectivity index (χ2v) is 9.25. The minimum absolute atomic E-state index is 0.167. The van der Waals surface area contributed by atoms with Gasteiger partial charge in [0, 0.05) is 18.1 Å². The topological polar surface area (TPSA) is 87.7 Å². The molecule has 3 rings (SSSR count). The maximum atomic E-state index is 13.3. The highest BCUT2D eigenvalue weighted by atomic mass is 35.5. The van der Waals surface area contributed by atoms with Crippen molar-refractivity contribution in [3.8, 4) is 0 Å². The standard InChI is InChI=1S/C27H32ClN3O4/c1-5-15-31-23(18-11-8-7-9-12-18)21(24(32)35-6-2)22(30-26(31)34)19-13-10-14-20(16-19)29-25(33)27(3,4)17-28/h7-14,16,22H,5-6,15,17H2,1-4H3,(H,29,33)(H,30,34). The normalized spacial score (nSPS) is 16.1. The van der Waals surface area contributed by atoms with Crippen LogP contribution in [0.25, 0.3) is 5.70 Å². The number of anilines is 1. The van der Waals surface area contributed by atoms with Crippen molar-refractivity contribution in [2.24, 2.45) is 5.41 Å². The van der Waals surface area contributed by atoms with E-state index >= 15 is 0 Å². The first kappa shape index (κ1) is 26.3. The summed E-state index contributed by atoms with van der Waals surface area (Å²) in [6.07, 6.45) is 0.711. The first-order chi connectivity index (χ1) is 16.7.